The summed E-state index contributed by atoms with van der Waals surface area (Å²) < 4.78 is 77.1. The molecule has 0 saturated carbocycles. The van der Waals surface area contributed by atoms with Gasteiger partial charge >= 0.3 is 5.97 Å². The van der Waals surface area contributed by atoms with Crippen LogP contribution < -0.4 is 21.3 Å². The molecule has 0 aliphatic carbocycles. The average Bonchev–Trinajstić information content (AvgIpc) is 0.755. The van der Waals surface area contributed by atoms with Crippen LogP contribution in [0.25, 0.3) is 0 Å². The van der Waals surface area contributed by atoms with E-state index in [1.165, 1.54) is 6.92 Å². The lowest BCUT2D eigenvalue weighted by atomic mass is 9.88. The number of ether oxygens (including phenoxy) is 13. The summed E-state index contributed by atoms with van der Waals surface area (Å²) in [7, 11) is 0. The minimum Gasteiger partial charge on any atom is -0.477 e. The molecule has 0 aromatic heterocycles. The quantitative estimate of drug-likeness (QED) is 0.0382. The van der Waals surface area contributed by atoms with E-state index >= 15 is 0 Å². The number of rotatable bonds is 26. The molecule has 0 bridgehead atoms. The standard InChI is InChI=1S/C53H88N4O39/c1-13-29(70)35(76)37(78)49(85-13)91-40-21(9-61)89-47(28(56-16(4)66)44(40)94-48-26(54-14(2)64)34(75)31(72)19(7-59)87-48)84-12-23-33(74)42(27(46(81)86-23)55-15(3)65)93-51-39(80)45(41(22(10-62)90-51)92-50-38(79)36(77)32(73)20(8-60)88-50)96-53(52(82)83)5-17(67)25(57-24(69)11-63)43(95-53)30(71)18(68)6-58/h13,17-23,25-51,58-63,67-68,70-81H,5-12H2,1-4H3,(H,54,64)(H,55,65)(H,56,66)(H,57,69)(H,82,83)/t13-,17-,18+,19+,20+,21+,22+,23+,25+,26+,27+,28+,29+,30+,31+,32-,33-,34+,35+,36-,37-,38+,39+,40+,41-,42+,43+,44+,45+,46?,47+,48-,49-,50-,51-,53-/m0/s1. The van der Waals surface area contributed by atoms with Gasteiger partial charge in [-0.2, -0.15) is 0 Å². The molecular formula is C53H88N4O39. The molecule has 7 rings (SSSR count). The van der Waals surface area contributed by atoms with Gasteiger partial charge < -0.3 is 190 Å². The molecule has 7 saturated heterocycles. The van der Waals surface area contributed by atoms with Gasteiger partial charge in [-0.25, -0.2) is 4.79 Å². The highest BCUT2D eigenvalue weighted by Crippen LogP contribution is 2.41. The van der Waals surface area contributed by atoms with Crippen LogP contribution in [0.4, 0.5) is 0 Å². The Balaban J connectivity index is 1.25. The van der Waals surface area contributed by atoms with Crippen molar-refractivity contribution < 1.29 is 193 Å². The first-order chi connectivity index (χ1) is 45.2. The van der Waals surface area contributed by atoms with Crippen LogP contribution in [0.1, 0.15) is 34.1 Å². The maximum absolute atomic E-state index is 13.6. The van der Waals surface area contributed by atoms with E-state index in [2.05, 4.69) is 21.3 Å². The van der Waals surface area contributed by atoms with Gasteiger partial charge in [0.1, 0.15) is 165 Å². The van der Waals surface area contributed by atoms with Crippen molar-refractivity contribution in [3.8, 4) is 0 Å². The van der Waals surface area contributed by atoms with Crippen LogP contribution in [0.2, 0.25) is 0 Å². The molecule has 43 nitrogen and oxygen atoms in total. The molecule has 25 N–H and O–H groups in total. The molecule has 1 unspecified atom stereocenters. The Morgan fingerprint density at radius 2 is 0.938 bits per heavy atom. The molecule has 0 spiro atoms. The summed E-state index contributed by atoms with van der Waals surface area (Å²) >= 11 is 0. The minimum absolute atomic E-state index is 0.831. The Hall–Kier alpha value is -3.97. The maximum Gasteiger partial charge on any atom is 0.364 e. The van der Waals surface area contributed by atoms with E-state index < -0.39 is 303 Å². The number of carbonyl (C=O) groups excluding carboxylic acids is 4. The van der Waals surface area contributed by atoms with Gasteiger partial charge in [-0.05, 0) is 6.92 Å². The lowest BCUT2D eigenvalue weighted by molar-refractivity contribution is -0.401. The van der Waals surface area contributed by atoms with Gasteiger partial charge in [0.25, 0.3) is 5.79 Å². The Morgan fingerprint density at radius 3 is 1.48 bits per heavy atom. The third-order valence-corrected chi connectivity index (χ3v) is 17.2. The van der Waals surface area contributed by atoms with Gasteiger partial charge in [-0.15, -0.1) is 0 Å². The predicted octanol–water partition coefficient (Wildman–Crippen LogP) is -16.5. The predicted molar refractivity (Wildman–Crippen MR) is 295 cm³/mol. The van der Waals surface area contributed by atoms with Crippen molar-refractivity contribution in [2.24, 2.45) is 0 Å². The lowest BCUT2D eigenvalue weighted by Crippen LogP contribution is -2.72. The lowest BCUT2D eigenvalue weighted by Gasteiger charge is -2.52. The summed E-state index contributed by atoms with van der Waals surface area (Å²) in [6.45, 7) is -3.86. The number of carboxylic acids is 1. The van der Waals surface area contributed by atoms with Crippen LogP contribution in [0.5, 0.6) is 0 Å². The fraction of sp³-hybridized carbons (Fsp3) is 0.906. The van der Waals surface area contributed by atoms with Crippen molar-refractivity contribution in [3.05, 3.63) is 0 Å². The van der Waals surface area contributed by atoms with Crippen molar-refractivity contribution >= 4 is 29.6 Å². The van der Waals surface area contributed by atoms with Crippen LogP contribution in [0.3, 0.4) is 0 Å². The molecule has 7 fully saturated rings. The number of carboxylic acid groups (broad SMARTS) is 1. The topological polar surface area (TPSA) is 678 Å². The highest BCUT2D eigenvalue weighted by atomic mass is 16.8. The van der Waals surface area contributed by atoms with Crippen molar-refractivity contribution in [1.29, 1.82) is 0 Å². The summed E-state index contributed by atoms with van der Waals surface area (Å²) in [5, 5.41) is 238. The van der Waals surface area contributed by atoms with E-state index in [0.29, 0.717) is 0 Å². The van der Waals surface area contributed by atoms with Gasteiger partial charge in [0.15, 0.2) is 37.7 Å². The summed E-state index contributed by atoms with van der Waals surface area (Å²) in [4.78, 5) is 64.6. The van der Waals surface area contributed by atoms with Gasteiger partial charge in [-0.1, -0.05) is 0 Å². The summed E-state index contributed by atoms with van der Waals surface area (Å²) in [5.41, 5.74) is 0. The summed E-state index contributed by atoms with van der Waals surface area (Å²) in [5.74, 6) is -9.68. The number of nitrogens with one attached hydrogen (secondary N) is 4. The Morgan fingerprint density at radius 1 is 0.469 bits per heavy atom. The van der Waals surface area contributed by atoms with Crippen LogP contribution in [0, 0.1) is 0 Å². The highest BCUT2D eigenvalue weighted by molar-refractivity contribution is 5.78. The minimum atomic E-state index is -3.47. The zero-order chi connectivity index (χ0) is 71.3. The van der Waals surface area contributed by atoms with Gasteiger partial charge in [0.05, 0.1) is 57.9 Å². The molecule has 7 aliphatic heterocycles. The first-order valence-electron chi connectivity index (χ1n) is 30.3. The van der Waals surface area contributed by atoms with E-state index in [0.717, 1.165) is 20.8 Å². The number of aliphatic hydroxyl groups is 20. The van der Waals surface area contributed by atoms with Crippen LogP contribution in [-0.4, -0.2) is 403 Å². The summed E-state index contributed by atoms with van der Waals surface area (Å²) in [6.07, 6.45) is -65.9. The molecule has 4 amide bonds. The van der Waals surface area contributed by atoms with Crippen molar-refractivity contribution in [2.75, 3.05) is 46.2 Å². The van der Waals surface area contributed by atoms with Crippen LogP contribution in [-0.2, 0) is 85.6 Å². The molecule has 554 valence electrons. The van der Waals surface area contributed by atoms with Gasteiger partial charge in [0.2, 0.25) is 23.6 Å². The van der Waals surface area contributed by atoms with Crippen molar-refractivity contribution in [1.82, 2.24) is 21.3 Å². The third kappa shape index (κ3) is 17.5. The number of carbonyl (C=O) groups is 5. The smallest absolute Gasteiger partial charge is 0.364 e. The second-order valence-electron chi connectivity index (χ2n) is 24.0. The molecule has 43 heteroatoms. The molecule has 0 aromatic carbocycles. The number of amides is 4. The van der Waals surface area contributed by atoms with Crippen LogP contribution >= 0.6 is 0 Å². The molecular weight excluding hydrogens is 1320 g/mol. The fourth-order valence-electron chi connectivity index (χ4n) is 12.1. The largest absolute Gasteiger partial charge is 0.477 e. The van der Waals surface area contributed by atoms with Crippen molar-refractivity contribution in [2.45, 2.75) is 254 Å². The van der Waals surface area contributed by atoms with Gasteiger partial charge in [0, 0.05) is 27.2 Å². The first-order valence-corrected chi connectivity index (χ1v) is 30.3. The molecule has 96 heavy (non-hydrogen) atoms. The Labute approximate surface area is 543 Å². The van der Waals surface area contributed by atoms with Crippen molar-refractivity contribution in [3.63, 3.8) is 0 Å². The van der Waals surface area contributed by atoms with E-state index in [9.17, 15) is 131 Å². The van der Waals surface area contributed by atoms with E-state index in [4.69, 9.17) is 61.6 Å². The first kappa shape index (κ1) is 79.4. The normalized spacial score (nSPS) is 46.0. The maximum atomic E-state index is 13.6. The van der Waals surface area contributed by atoms with Crippen LogP contribution in [0.15, 0.2) is 0 Å². The second-order valence-corrected chi connectivity index (χ2v) is 24.0. The summed E-state index contributed by atoms with van der Waals surface area (Å²) in [6, 6.07) is -7.48. The SMILES string of the molecule is CC(=O)N[C@H]1[C@H](O[C@@H]2[C@@H](NC(C)=O)[C@H](OC[C@H]3OC(O)[C@H](NC(C)=O)[C@@H](O[C@@H]4O[C@H](CO)[C@H](O[C@@H]5O[C@H](CO)[C@H](O)[C@H](O)[C@H]5O)[C@H](O[C@]5(C(=O)O)C[C@H](O)[C@@H](NC(=O)CO)[C@H]([C@H](O)[C@H](O)CO)O5)[C@H]4O)[C@H]3O)O[C@H](CO)[C@H]2O[C@@H]2O[C@@H](C)[C@@H](O)[C@@H](O)[C@@H]2O)O[C@H](CO)[C@@H](O)[C@@H]1O. The average molecular weight is 1410 g/mol. The molecule has 36 atom stereocenters. The monoisotopic (exact) mass is 1400 g/mol. The zero-order valence-electron chi connectivity index (χ0n) is 51.6. The van der Waals surface area contributed by atoms with E-state index in [1.54, 1.807) is 0 Å². The Kier molecular flexibility index (Phi) is 28.2. The number of hydrogen-bond acceptors (Lipinski definition) is 38. The van der Waals surface area contributed by atoms with E-state index in [-0.39, 0.29) is 0 Å². The zero-order valence-corrected chi connectivity index (χ0v) is 51.6. The second kappa shape index (κ2) is 34.1. The number of aliphatic carboxylic acids is 1. The molecule has 7 aliphatic rings. The highest BCUT2D eigenvalue weighted by Gasteiger charge is 2.63. The molecule has 7 heterocycles. The molecule has 0 radical (unpaired) electrons. The number of hydrogen-bond donors (Lipinski definition) is 25. The molecule has 0 aromatic rings. The fourth-order valence-corrected chi connectivity index (χ4v) is 12.1. The third-order valence-electron chi connectivity index (χ3n) is 17.2. The Bertz CT molecular complexity index is 2540. The number of aliphatic hydroxyl groups excluding tert-OH is 20. The van der Waals surface area contributed by atoms with E-state index in [1.807, 2.05) is 0 Å². The van der Waals surface area contributed by atoms with Gasteiger partial charge in [-0.3, -0.25) is 19.2 Å².